The van der Waals surface area contributed by atoms with Crippen molar-refractivity contribution in [1.82, 2.24) is 5.32 Å². The first-order chi connectivity index (χ1) is 8.08. The van der Waals surface area contributed by atoms with E-state index in [0.29, 0.717) is 5.92 Å². The molecule has 5 heteroatoms. The molecule has 1 aromatic carbocycles. The summed E-state index contributed by atoms with van der Waals surface area (Å²) in [7, 11) is 0. The van der Waals surface area contributed by atoms with Gasteiger partial charge in [0.2, 0.25) is 5.91 Å². The molecule has 0 radical (unpaired) electrons. The predicted octanol–water partition coefficient (Wildman–Crippen LogP) is 3.01. The van der Waals surface area contributed by atoms with E-state index in [9.17, 15) is 4.79 Å². The van der Waals surface area contributed by atoms with E-state index in [-0.39, 0.29) is 11.8 Å². The third kappa shape index (κ3) is 3.09. The molecular formula is C12H14Br2N2O. The van der Waals surface area contributed by atoms with Crippen LogP contribution in [0.1, 0.15) is 6.92 Å². The van der Waals surface area contributed by atoms with Crippen LogP contribution in [0.15, 0.2) is 27.1 Å². The molecule has 1 aromatic rings. The molecule has 2 N–H and O–H groups in total. The van der Waals surface area contributed by atoms with E-state index in [1.165, 1.54) is 0 Å². The Labute approximate surface area is 118 Å². The highest BCUT2D eigenvalue weighted by Gasteiger charge is 2.29. The molecule has 3 nitrogen and oxygen atoms in total. The zero-order valence-electron chi connectivity index (χ0n) is 9.47. The molecular weight excluding hydrogens is 348 g/mol. The van der Waals surface area contributed by atoms with Gasteiger partial charge in [0.1, 0.15) is 0 Å². The zero-order chi connectivity index (χ0) is 12.4. The Bertz CT molecular complexity index is 437. The van der Waals surface area contributed by atoms with E-state index in [1.54, 1.807) is 0 Å². The molecule has 1 heterocycles. The predicted molar refractivity (Wildman–Crippen MR) is 76.0 cm³/mol. The van der Waals surface area contributed by atoms with Crippen molar-refractivity contribution in [3.8, 4) is 0 Å². The topological polar surface area (TPSA) is 41.1 Å². The largest absolute Gasteiger partial charge is 0.325 e. The van der Waals surface area contributed by atoms with Gasteiger partial charge in [-0.25, -0.2) is 0 Å². The summed E-state index contributed by atoms with van der Waals surface area (Å²) in [5.74, 6) is 0.542. The van der Waals surface area contributed by atoms with E-state index in [0.717, 1.165) is 27.7 Å². The number of anilines is 1. The third-order valence-corrected chi connectivity index (χ3v) is 4.19. The van der Waals surface area contributed by atoms with E-state index in [1.807, 2.05) is 18.2 Å². The number of carbonyl (C=O) groups is 1. The summed E-state index contributed by atoms with van der Waals surface area (Å²) in [6, 6.07) is 5.72. The van der Waals surface area contributed by atoms with E-state index in [4.69, 9.17) is 0 Å². The molecule has 2 atom stereocenters. The summed E-state index contributed by atoms with van der Waals surface area (Å²) >= 11 is 6.82. The average molecular weight is 362 g/mol. The summed E-state index contributed by atoms with van der Waals surface area (Å²) < 4.78 is 1.87. The van der Waals surface area contributed by atoms with Crippen molar-refractivity contribution in [3.63, 3.8) is 0 Å². The molecule has 1 saturated heterocycles. The fourth-order valence-electron chi connectivity index (χ4n) is 1.98. The quantitative estimate of drug-likeness (QED) is 0.850. The Balaban J connectivity index is 2.07. The van der Waals surface area contributed by atoms with Gasteiger partial charge in [-0.05, 0) is 46.6 Å². The van der Waals surface area contributed by atoms with Gasteiger partial charge in [0.25, 0.3) is 0 Å². The SMILES string of the molecule is C[C@@H]1CNC[C@H]1C(=O)Nc1ccc(Br)cc1Br. The molecule has 2 rings (SSSR count). The molecule has 0 aromatic heterocycles. The molecule has 0 saturated carbocycles. The first-order valence-corrected chi connectivity index (χ1v) is 7.13. The Morgan fingerprint density at radius 1 is 1.41 bits per heavy atom. The van der Waals surface area contributed by atoms with Crippen LogP contribution in [0.25, 0.3) is 0 Å². The monoisotopic (exact) mass is 360 g/mol. The average Bonchev–Trinajstić information content (AvgIpc) is 2.68. The van der Waals surface area contributed by atoms with Crippen LogP contribution in [0, 0.1) is 11.8 Å². The minimum Gasteiger partial charge on any atom is -0.325 e. The molecule has 0 unspecified atom stereocenters. The zero-order valence-corrected chi connectivity index (χ0v) is 12.6. The summed E-state index contributed by atoms with van der Waals surface area (Å²) in [4.78, 5) is 12.1. The lowest BCUT2D eigenvalue weighted by molar-refractivity contribution is -0.120. The second-order valence-corrected chi connectivity index (χ2v) is 6.13. The molecule has 17 heavy (non-hydrogen) atoms. The maximum Gasteiger partial charge on any atom is 0.229 e. The van der Waals surface area contributed by atoms with E-state index >= 15 is 0 Å². The summed E-state index contributed by atoms with van der Waals surface area (Å²) in [6.45, 7) is 3.78. The Morgan fingerprint density at radius 2 is 2.18 bits per heavy atom. The smallest absolute Gasteiger partial charge is 0.229 e. The number of nitrogens with one attached hydrogen (secondary N) is 2. The standard InChI is InChI=1S/C12H14Br2N2O/c1-7-5-15-6-9(7)12(17)16-11-3-2-8(13)4-10(11)14/h2-4,7,9,15H,5-6H2,1H3,(H,16,17)/t7-,9-/m1/s1. The van der Waals surface area contributed by atoms with Crippen molar-refractivity contribution in [2.24, 2.45) is 11.8 Å². The van der Waals surface area contributed by atoms with Crippen LogP contribution in [0.5, 0.6) is 0 Å². The van der Waals surface area contributed by atoms with Gasteiger partial charge in [-0.2, -0.15) is 0 Å². The fourth-order valence-corrected chi connectivity index (χ4v) is 3.12. The molecule has 0 aliphatic carbocycles. The second-order valence-electron chi connectivity index (χ2n) is 4.36. The lowest BCUT2D eigenvalue weighted by Crippen LogP contribution is -2.27. The Hall–Kier alpha value is -0.390. The van der Waals surface area contributed by atoms with Crippen LogP contribution < -0.4 is 10.6 Å². The third-order valence-electron chi connectivity index (χ3n) is 3.04. The van der Waals surface area contributed by atoms with Crippen molar-refractivity contribution >= 4 is 43.5 Å². The fraction of sp³-hybridized carbons (Fsp3) is 0.417. The van der Waals surface area contributed by atoms with Crippen LogP contribution in [-0.4, -0.2) is 19.0 Å². The number of benzene rings is 1. The van der Waals surface area contributed by atoms with Gasteiger partial charge in [0.05, 0.1) is 11.6 Å². The second kappa shape index (κ2) is 5.50. The number of halogens is 2. The molecule has 92 valence electrons. The number of carbonyl (C=O) groups excluding carboxylic acids is 1. The van der Waals surface area contributed by atoms with Crippen molar-refractivity contribution in [2.75, 3.05) is 18.4 Å². The highest BCUT2D eigenvalue weighted by atomic mass is 79.9. The summed E-state index contributed by atoms with van der Waals surface area (Å²) in [5.41, 5.74) is 0.817. The van der Waals surface area contributed by atoms with Gasteiger partial charge in [-0.15, -0.1) is 0 Å². The normalized spacial score (nSPS) is 23.7. The van der Waals surface area contributed by atoms with E-state index in [2.05, 4.69) is 49.4 Å². The molecule has 1 aliphatic rings. The first-order valence-electron chi connectivity index (χ1n) is 5.54. The van der Waals surface area contributed by atoms with Crippen LogP contribution in [0.3, 0.4) is 0 Å². The van der Waals surface area contributed by atoms with Gasteiger partial charge < -0.3 is 10.6 Å². The minimum atomic E-state index is 0.0607. The number of rotatable bonds is 2. The van der Waals surface area contributed by atoms with Crippen LogP contribution in [-0.2, 0) is 4.79 Å². The Morgan fingerprint density at radius 3 is 2.76 bits per heavy atom. The van der Waals surface area contributed by atoms with Crippen LogP contribution in [0.4, 0.5) is 5.69 Å². The molecule has 0 bridgehead atoms. The number of amides is 1. The number of hydrogen-bond acceptors (Lipinski definition) is 2. The Kier molecular flexibility index (Phi) is 4.22. The minimum absolute atomic E-state index is 0.0607. The highest BCUT2D eigenvalue weighted by Crippen LogP contribution is 2.27. The van der Waals surface area contributed by atoms with Gasteiger partial charge in [0.15, 0.2) is 0 Å². The lowest BCUT2D eigenvalue weighted by Gasteiger charge is -2.15. The summed E-state index contributed by atoms with van der Waals surface area (Å²) in [6.07, 6.45) is 0. The van der Waals surface area contributed by atoms with Gasteiger partial charge in [-0.3, -0.25) is 4.79 Å². The lowest BCUT2D eigenvalue weighted by atomic mass is 9.97. The van der Waals surface area contributed by atoms with Crippen molar-refractivity contribution < 1.29 is 4.79 Å². The number of hydrogen-bond donors (Lipinski definition) is 2. The van der Waals surface area contributed by atoms with Crippen molar-refractivity contribution in [3.05, 3.63) is 27.1 Å². The van der Waals surface area contributed by atoms with Gasteiger partial charge in [0, 0.05) is 15.5 Å². The maximum absolute atomic E-state index is 12.1. The molecule has 0 spiro atoms. The van der Waals surface area contributed by atoms with E-state index < -0.39 is 0 Å². The summed E-state index contributed by atoms with van der Waals surface area (Å²) in [5, 5.41) is 6.20. The molecule has 1 aliphatic heterocycles. The van der Waals surface area contributed by atoms with Gasteiger partial charge >= 0.3 is 0 Å². The highest BCUT2D eigenvalue weighted by molar-refractivity contribution is 9.11. The van der Waals surface area contributed by atoms with Crippen molar-refractivity contribution in [2.45, 2.75) is 6.92 Å². The van der Waals surface area contributed by atoms with Crippen molar-refractivity contribution in [1.29, 1.82) is 0 Å². The maximum atomic E-state index is 12.1. The van der Waals surface area contributed by atoms with Crippen LogP contribution >= 0.6 is 31.9 Å². The first kappa shape index (κ1) is 13.1. The molecule has 1 fully saturated rings. The molecule has 1 amide bonds. The van der Waals surface area contributed by atoms with Gasteiger partial charge in [-0.1, -0.05) is 22.9 Å². The van der Waals surface area contributed by atoms with Crippen LogP contribution in [0.2, 0.25) is 0 Å².